The van der Waals surface area contributed by atoms with Gasteiger partial charge in [0, 0.05) is 18.3 Å². The van der Waals surface area contributed by atoms with Crippen molar-refractivity contribution in [3.63, 3.8) is 0 Å². The number of nitrogens with one attached hydrogen (secondary N) is 1. The first-order valence-corrected chi connectivity index (χ1v) is 9.30. The molecule has 0 unspecified atom stereocenters. The van der Waals surface area contributed by atoms with Gasteiger partial charge in [-0.15, -0.1) is 0 Å². The first-order chi connectivity index (χ1) is 12.3. The minimum Gasteiger partial charge on any atom is -0.388 e. The molecule has 0 bridgehead atoms. The number of ether oxygens (including phenoxy) is 1. The average molecular weight is 379 g/mol. The van der Waals surface area contributed by atoms with Crippen molar-refractivity contribution in [1.29, 1.82) is 0 Å². The molecule has 4 heterocycles. The summed E-state index contributed by atoms with van der Waals surface area (Å²) in [5, 5.41) is 17.8. The maximum Gasteiger partial charge on any atom is 0.348 e. The summed E-state index contributed by atoms with van der Waals surface area (Å²) in [4.78, 5) is 37.7. The van der Waals surface area contributed by atoms with Gasteiger partial charge in [-0.25, -0.2) is 14.6 Å². The average Bonchev–Trinajstić information content (AvgIpc) is 3.06. The number of hydrogen-bond donors (Lipinski definition) is 4. The summed E-state index contributed by atoms with van der Waals surface area (Å²) in [6.07, 6.45) is 2.91. The summed E-state index contributed by atoms with van der Waals surface area (Å²) in [6, 6.07) is 0. The fourth-order valence-electron chi connectivity index (χ4n) is 2.93. The zero-order valence-corrected chi connectivity index (χ0v) is 14.0. The Kier molecular flexibility index (Phi) is 3.98. The number of nitrogens with zero attached hydrogens (tertiary/aromatic N) is 4. The summed E-state index contributed by atoms with van der Waals surface area (Å²) < 4.78 is 18.0. The van der Waals surface area contributed by atoms with E-state index < -0.39 is 26.0 Å². The number of amides is 1. The van der Waals surface area contributed by atoms with Crippen LogP contribution in [0.2, 0.25) is 0 Å². The van der Waals surface area contributed by atoms with Crippen LogP contribution in [0.1, 0.15) is 18.3 Å². The van der Waals surface area contributed by atoms with Crippen molar-refractivity contribution < 1.29 is 29.0 Å². The smallest absolute Gasteiger partial charge is 0.348 e. The normalized spacial score (nSPS) is 25.8. The van der Waals surface area contributed by atoms with E-state index in [9.17, 15) is 14.5 Å². The lowest BCUT2D eigenvalue weighted by Crippen LogP contribution is -2.21. The molecule has 2 aromatic rings. The summed E-state index contributed by atoms with van der Waals surface area (Å²) in [7, 11) is -4.31. The molecule has 2 aliphatic rings. The number of hydrogen-bond acceptors (Lipinski definition) is 7. The second-order valence-corrected chi connectivity index (χ2v) is 7.35. The topological polar surface area (TPSA) is 160 Å². The van der Waals surface area contributed by atoms with Crippen LogP contribution in [0.3, 0.4) is 0 Å². The molecule has 0 spiro atoms. The SMILES string of the molecule is O=C1C=Cc2nn([C@@H]3O[C@H](/C=C/P(=O)(O)O)C[C@H]3O)c3ncnc(c23)N1. The lowest BCUT2D eigenvalue weighted by Gasteiger charge is -2.15. The molecule has 0 aliphatic carbocycles. The molecule has 4 rings (SSSR count). The maximum atomic E-state index is 11.6. The molecule has 26 heavy (non-hydrogen) atoms. The van der Waals surface area contributed by atoms with Crippen LogP contribution < -0.4 is 5.32 Å². The fraction of sp³-hybridized carbons (Fsp3) is 0.286. The highest BCUT2D eigenvalue weighted by molar-refractivity contribution is 7.55. The van der Waals surface area contributed by atoms with Crippen molar-refractivity contribution in [3.05, 3.63) is 30.0 Å². The monoisotopic (exact) mass is 379 g/mol. The van der Waals surface area contributed by atoms with Gasteiger partial charge in [0.1, 0.15) is 18.2 Å². The van der Waals surface area contributed by atoms with E-state index in [1.807, 2.05) is 0 Å². The molecule has 0 aromatic carbocycles. The molecular weight excluding hydrogens is 365 g/mol. The van der Waals surface area contributed by atoms with Crippen LogP contribution in [0.5, 0.6) is 0 Å². The predicted octanol–water partition coefficient (Wildman–Crippen LogP) is 0.131. The zero-order chi connectivity index (χ0) is 18.5. The van der Waals surface area contributed by atoms with Gasteiger partial charge in [-0.2, -0.15) is 5.10 Å². The Hall–Kier alpha value is -2.43. The second-order valence-electron chi connectivity index (χ2n) is 5.87. The van der Waals surface area contributed by atoms with Gasteiger partial charge in [-0.1, -0.05) is 0 Å². The van der Waals surface area contributed by atoms with Crippen LogP contribution in [0.25, 0.3) is 17.1 Å². The summed E-state index contributed by atoms with van der Waals surface area (Å²) in [6.45, 7) is 0. The van der Waals surface area contributed by atoms with Gasteiger partial charge < -0.3 is 24.9 Å². The van der Waals surface area contributed by atoms with Crippen LogP contribution in [-0.4, -0.2) is 52.8 Å². The zero-order valence-electron chi connectivity index (χ0n) is 13.1. The van der Waals surface area contributed by atoms with Crippen molar-refractivity contribution in [2.45, 2.75) is 24.9 Å². The molecule has 12 heteroatoms. The van der Waals surface area contributed by atoms with Crippen molar-refractivity contribution in [2.24, 2.45) is 0 Å². The van der Waals surface area contributed by atoms with E-state index >= 15 is 0 Å². The Balaban J connectivity index is 1.72. The number of rotatable bonds is 3. The van der Waals surface area contributed by atoms with Crippen LogP contribution in [-0.2, 0) is 14.1 Å². The Morgan fingerprint density at radius 2 is 2.15 bits per heavy atom. The molecule has 11 nitrogen and oxygen atoms in total. The number of aliphatic hydroxyl groups is 1. The fourth-order valence-corrected chi connectivity index (χ4v) is 3.35. The molecule has 2 aliphatic heterocycles. The number of anilines is 1. The Bertz CT molecular complexity index is 995. The lowest BCUT2D eigenvalue weighted by molar-refractivity contribution is -0.111. The highest BCUT2D eigenvalue weighted by Gasteiger charge is 2.37. The molecule has 0 saturated carbocycles. The molecule has 3 atom stereocenters. The van der Waals surface area contributed by atoms with E-state index in [4.69, 9.17) is 14.5 Å². The third-order valence-electron chi connectivity index (χ3n) is 4.00. The molecule has 2 aromatic heterocycles. The first kappa shape index (κ1) is 17.0. The quantitative estimate of drug-likeness (QED) is 0.544. The minimum atomic E-state index is -4.31. The standard InChI is InChI=1S/C14H14N5O6P/c20-9-5-7(3-4-26(22,23)24)25-14(9)19-13-11-8(18-19)1-2-10(21)17-12(11)15-6-16-13/h1-4,6-7,9,14,20H,5H2,(H2,22,23,24)(H,15,16,17,21)/b4-3+/t7-,9-,14-/m1/s1. The number of carbonyl (C=O) groups is 1. The van der Waals surface area contributed by atoms with Gasteiger partial charge in [0.15, 0.2) is 11.9 Å². The van der Waals surface area contributed by atoms with Crippen LogP contribution in [0.4, 0.5) is 5.82 Å². The Morgan fingerprint density at radius 1 is 1.35 bits per heavy atom. The van der Waals surface area contributed by atoms with Gasteiger partial charge in [0.05, 0.1) is 17.2 Å². The Morgan fingerprint density at radius 3 is 2.92 bits per heavy atom. The third kappa shape index (κ3) is 3.06. The van der Waals surface area contributed by atoms with E-state index in [0.29, 0.717) is 22.5 Å². The summed E-state index contributed by atoms with van der Waals surface area (Å²) in [5.74, 6) is 0.710. The summed E-state index contributed by atoms with van der Waals surface area (Å²) >= 11 is 0. The largest absolute Gasteiger partial charge is 0.388 e. The van der Waals surface area contributed by atoms with Gasteiger partial charge in [0.2, 0.25) is 5.91 Å². The number of carbonyl (C=O) groups excluding carboxylic acids is 1. The predicted molar refractivity (Wildman–Crippen MR) is 88.7 cm³/mol. The van der Waals surface area contributed by atoms with Crippen molar-refractivity contribution >= 4 is 36.4 Å². The minimum absolute atomic E-state index is 0.141. The van der Waals surface area contributed by atoms with E-state index in [2.05, 4.69) is 20.4 Å². The second kappa shape index (κ2) is 6.08. The van der Waals surface area contributed by atoms with Gasteiger partial charge in [-0.05, 0) is 12.2 Å². The van der Waals surface area contributed by atoms with Gasteiger partial charge in [0.25, 0.3) is 0 Å². The number of aromatic nitrogens is 4. The molecule has 136 valence electrons. The van der Waals surface area contributed by atoms with E-state index in [0.717, 1.165) is 5.82 Å². The Labute approximate surface area is 146 Å². The first-order valence-electron chi connectivity index (χ1n) is 7.62. The molecule has 0 radical (unpaired) electrons. The maximum absolute atomic E-state index is 11.6. The van der Waals surface area contributed by atoms with E-state index in [-0.39, 0.29) is 12.3 Å². The molecule has 4 N–H and O–H groups in total. The van der Waals surface area contributed by atoms with Gasteiger partial charge in [-0.3, -0.25) is 9.36 Å². The van der Waals surface area contributed by atoms with E-state index in [1.165, 1.54) is 29.2 Å². The van der Waals surface area contributed by atoms with Crippen molar-refractivity contribution in [1.82, 2.24) is 19.7 Å². The molecule has 1 fully saturated rings. The highest BCUT2D eigenvalue weighted by Crippen LogP contribution is 2.39. The highest BCUT2D eigenvalue weighted by atomic mass is 31.2. The summed E-state index contributed by atoms with van der Waals surface area (Å²) in [5.41, 5.74) is 0.805. The number of aliphatic hydroxyl groups excluding tert-OH is 1. The van der Waals surface area contributed by atoms with Crippen molar-refractivity contribution in [2.75, 3.05) is 5.32 Å². The van der Waals surface area contributed by atoms with Crippen LogP contribution in [0.15, 0.2) is 24.3 Å². The molecular formula is C14H14N5O6P. The lowest BCUT2D eigenvalue weighted by atomic mass is 10.2. The van der Waals surface area contributed by atoms with Crippen molar-refractivity contribution in [3.8, 4) is 0 Å². The third-order valence-corrected chi connectivity index (χ3v) is 4.56. The van der Waals surface area contributed by atoms with Gasteiger partial charge >= 0.3 is 7.60 Å². The molecule has 1 amide bonds. The van der Waals surface area contributed by atoms with E-state index in [1.54, 1.807) is 0 Å². The van der Waals surface area contributed by atoms with Crippen LogP contribution in [0, 0.1) is 0 Å². The van der Waals surface area contributed by atoms with Crippen LogP contribution >= 0.6 is 7.60 Å². The molecule has 1 saturated heterocycles.